The number of furan rings is 1. The zero-order valence-electron chi connectivity index (χ0n) is 21.1. The quantitative estimate of drug-likeness (QED) is 0.226. The predicted octanol–water partition coefficient (Wildman–Crippen LogP) is 3.67. The summed E-state index contributed by atoms with van der Waals surface area (Å²) in [6.45, 7) is 2.28. The number of rotatable bonds is 10. The summed E-state index contributed by atoms with van der Waals surface area (Å²) >= 11 is 0. The van der Waals surface area contributed by atoms with Crippen LogP contribution in [0.1, 0.15) is 24.3 Å². The van der Waals surface area contributed by atoms with Crippen LogP contribution >= 0.6 is 0 Å². The van der Waals surface area contributed by atoms with Gasteiger partial charge in [-0.15, -0.1) is 5.10 Å². The molecule has 0 aliphatic heterocycles. The summed E-state index contributed by atoms with van der Waals surface area (Å²) in [7, 11) is 1.56. The van der Waals surface area contributed by atoms with Crippen LogP contribution in [-0.4, -0.2) is 44.9 Å². The first kappa shape index (κ1) is 24.8. The molecule has 1 unspecified atom stereocenters. The van der Waals surface area contributed by atoms with Gasteiger partial charge < -0.3 is 25.4 Å². The molecule has 0 radical (unpaired) electrons. The number of hydrogen-bond donors (Lipinski definition) is 4. The summed E-state index contributed by atoms with van der Waals surface area (Å²) < 4.78 is 6.87. The molecule has 0 fully saturated rings. The molecular weight excluding hydrogens is 482 g/mol. The molecule has 38 heavy (non-hydrogen) atoms. The third-order valence-electron chi connectivity index (χ3n) is 6.47. The number of carbonyl (C=O) groups excluding carboxylic acids is 2. The number of H-pyrrole nitrogens is 1. The van der Waals surface area contributed by atoms with Crippen LogP contribution in [-0.2, 0) is 22.6 Å². The highest BCUT2D eigenvalue weighted by molar-refractivity contribution is 5.90. The number of carbonyl (C=O) groups is 2. The maximum Gasteiger partial charge on any atom is 0.245 e. The number of nitrogens with zero attached hydrogens (tertiary/aromatic N) is 3. The highest BCUT2D eigenvalue weighted by Crippen LogP contribution is 2.23. The lowest BCUT2D eigenvalue weighted by Crippen LogP contribution is -2.48. The highest BCUT2D eigenvalue weighted by atomic mass is 16.3. The van der Waals surface area contributed by atoms with Gasteiger partial charge in [0.05, 0.1) is 19.0 Å². The summed E-state index contributed by atoms with van der Waals surface area (Å²) in [5.41, 5.74) is 4.33. The number of aromatic nitrogens is 4. The Bertz CT molecular complexity index is 1540. The molecule has 10 heteroatoms. The summed E-state index contributed by atoms with van der Waals surface area (Å²) in [6, 6.07) is 18.0. The third kappa shape index (κ3) is 5.44. The van der Waals surface area contributed by atoms with Gasteiger partial charge in [0, 0.05) is 41.8 Å². The molecule has 194 valence electrons. The summed E-state index contributed by atoms with van der Waals surface area (Å²) in [6.07, 6.45) is 5.59. The average molecular weight is 512 g/mol. The van der Waals surface area contributed by atoms with Crippen LogP contribution in [0.25, 0.3) is 22.2 Å². The van der Waals surface area contributed by atoms with E-state index in [1.807, 2.05) is 66.9 Å². The van der Waals surface area contributed by atoms with E-state index in [9.17, 15) is 9.59 Å². The Morgan fingerprint density at radius 1 is 1.08 bits per heavy atom. The lowest BCUT2D eigenvalue weighted by Gasteiger charge is -2.20. The van der Waals surface area contributed by atoms with Crippen LogP contribution in [0.3, 0.4) is 0 Å². The molecular formula is C28H29N7O3. The zero-order chi connectivity index (χ0) is 26.5. The van der Waals surface area contributed by atoms with Gasteiger partial charge in [0.1, 0.15) is 23.5 Å². The van der Waals surface area contributed by atoms with Crippen molar-refractivity contribution >= 4 is 28.4 Å². The SMILES string of the molecule is CNC(=O)[C@H](Cc1c[nH]c2ccccc12)NC(=O)C(C)n1cc(-c2cccc(NCc3ccco3)c2)nn1. The lowest BCUT2D eigenvalue weighted by molar-refractivity contribution is -0.130. The van der Waals surface area contributed by atoms with Gasteiger partial charge in [-0.3, -0.25) is 9.59 Å². The minimum atomic E-state index is -0.742. The standard InChI is InChI=1S/C28H29N7O3/c1-18(27(36)32-25(28(37)29-2)14-20-15-31-24-11-4-3-10-23(20)24)35-17-26(33-34-35)19-7-5-8-21(13-19)30-16-22-9-6-12-38-22/h3-13,15,17-18,25,30-31H,14,16H2,1-2H3,(H,29,37)(H,32,36)/t18?,25-/m0/s1. The van der Waals surface area contributed by atoms with Gasteiger partial charge in [0.25, 0.3) is 0 Å². The van der Waals surface area contributed by atoms with Crippen molar-refractivity contribution in [1.82, 2.24) is 30.6 Å². The number of aromatic amines is 1. The molecule has 0 aliphatic carbocycles. The van der Waals surface area contributed by atoms with Gasteiger partial charge in [-0.25, -0.2) is 4.68 Å². The maximum absolute atomic E-state index is 13.2. The largest absolute Gasteiger partial charge is 0.467 e. The molecule has 3 aromatic heterocycles. The lowest BCUT2D eigenvalue weighted by atomic mass is 10.0. The maximum atomic E-state index is 13.2. The number of para-hydroxylation sites is 1. The first-order chi connectivity index (χ1) is 18.5. The molecule has 2 atom stereocenters. The van der Waals surface area contributed by atoms with Crippen LogP contribution in [0, 0.1) is 0 Å². The average Bonchev–Trinajstić information content (AvgIpc) is 3.72. The van der Waals surface area contributed by atoms with E-state index in [1.165, 1.54) is 4.68 Å². The van der Waals surface area contributed by atoms with Gasteiger partial charge >= 0.3 is 0 Å². The number of hydrogen-bond acceptors (Lipinski definition) is 6. The molecule has 2 amide bonds. The van der Waals surface area contributed by atoms with Crippen LogP contribution in [0.15, 0.2) is 83.7 Å². The van der Waals surface area contributed by atoms with Crippen molar-refractivity contribution in [2.45, 2.75) is 32.0 Å². The van der Waals surface area contributed by atoms with E-state index in [4.69, 9.17) is 4.42 Å². The second-order valence-electron chi connectivity index (χ2n) is 9.01. The van der Waals surface area contributed by atoms with Crippen LogP contribution in [0.4, 0.5) is 5.69 Å². The Hall–Kier alpha value is -4.86. The van der Waals surface area contributed by atoms with Crippen molar-refractivity contribution < 1.29 is 14.0 Å². The third-order valence-corrected chi connectivity index (χ3v) is 6.47. The van der Waals surface area contributed by atoms with Crippen LogP contribution < -0.4 is 16.0 Å². The molecule has 3 heterocycles. The first-order valence-electron chi connectivity index (χ1n) is 12.4. The van der Waals surface area contributed by atoms with E-state index >= 15 is 0 Å². The highest BCUT2D eigenvalue weighted by Gasteiger charge is 2.25. The number of anilines is 1. The number of nitrogens with one attached hydrogen (secondary N) is 4. The van der Waals surface area contributed by atoms with Gasteiger partial charge in [0.2, 0.25) is 11.8 Å². The van der Waals surface area contributed by atoms with Crippen LogP contribution in [0.2, 0.25) is 0 Å². The minimum Gasteiger partial charge on any atom is -0.467 e. The second-order valence-corrected chi connectivity index (χ2v) is 9.01. The van der Waals surface area contributed by atoms with Gasteiger partial charge in [-0.05, 0) is 42.8 Å². The first-order valence-corrected chi connectivity index (χ1v) is 12.4. The number of amides is 2. The molecule has 0 aliphatic rings. The van der Waals surface area contributed by atoms with Gasteiger partial charge in [-0.1, -0.05) is 35.5 Å². The van der Waals surface area contributed by atoms with Crippen LogP contribution in [0.5, 0.6) is 0 Å². The van der Waals surface area contributed by atoms with E-state index in [0.717, 1.165) is 33.5 Å². The fraction of sp³-hybridized carbons (Fsp3) is 0.214. The van der Waals surface area contributed by atoms with E-state index in [0.29, 0.717) is 18.7 Å². The molecule has 10 nitrogen and oxygen atoms in total. The van der Waals surface area contributed by atoms with E-state index in [2.05, 4.69) is 31.2 Å². The minimum absolute atomic E-state index is 0.269. The molecule has 2 aromatic carbocycles. The van der Waals surface area contributed by atoms with Crippen molar-refractivity contribution in [2.75, 3.05) is 12.4 Å². The predicted molar refractivity (Wildman–Crippen MR) is 144 cm³/mol. The summed E-state index contributed by atoms with van der Waals surface area (Å²) in [5.74, 6) is 0.235. The molecule has 5 rings (SSSR count). The Kier molecular flexibility index (Phi) is 7.21. The van der Waals surface area contributed by atoms with E-state index in [1.54, 1.807) is 26.4 Å². The smallest absolute Gasteiger partial charge is 0.245 e. The normalized spacial score (nSPS) is 12.7. The molecule has 0 saturated carbocycles. The fourth-order valence-corrected chi connectivity index (χ4v) is 4.31. The molecule has 0 spiro atoms. The van der Waals surface area contributed by atoms with Gasteiger partial charge in [0.15, 0.2) is 0 Å². The monoisotopic (exact) mass is 511 g/mol. The van der Waals surface area contributed by atoms with Crippen molar-refractivity contribution in [3.8, 4) is 11.3 Å². The Labute approximate surface area is 219 Å². The fourth-order valence-electron chi connectivity index (χ4n) is 4.31. The summed E-state index contributed by atoms with van der Waals surface area (Å²) in [5, 5.41) is 18.3. The Morgan fingerprint density at radius 3 is 2.76 bits per heavy atom. The summed E-state index contributed by atoms with van der Waals surface area (Å²) in [4.78, 5) is 29.0. The topological polar surface area (TPSA) is 130 Å². The molecule has 4 N–H and O–H groups in total. The number of fused-ring (bicyclic) bond motifs is 1. The van der Waals surface area contributed by atoms with Gasteiger partial charge in [-0.2, -0.15) is 0 Å². The molecule has 0 saturated heterocycles. The van der Waals surface area contributed by atoms with Crippen molar-refractivity contribution in [1.29, 1.82) is 0 Å². The number of likely N-dealkylation sites (N-methyl/N-ethyl adjacent to an activating group) is 1. The Morgan fingerprint density at radius 2 is 1.95 bits per heavy atom. The van der Waals surface area contributed by atoms with E-state index < -0.39 is 12.1 Å². The number of benzene rings is 2. The Balaban J connectivity index is 1.26. The van der Waals surface area contributed by atoms with E-state index in [-0.39, 0.29) is 11.8 Å². The second kappa shape index (κ2) is 11.0. The molecule has 0 bridgehead atoms. The van der Waals surface area contributed by atoms with Crippen molar-refractivity contribution in [2.24, 2.45) is 0 Å². The van der Waals surface area contributed by atoms with Crippen molar-refractivity contribution in [3.63, 3.8) is 0 Å². The van der Waals surface area contributed by atoms with Crippen molar-refractivity contribution in [3.05, 3.63) is 90.6 Å². The molecule has 5 aromatic rings. The zero-order valence-corrected chi connectivity index (χ0v) is 21.1.